The van der Waals surface area contributed by atoms with Gasteiger partial charge in [0.15, 0.2) is 0 Å². The second kappa shape index (κ2) is 10.2. The molecule has 3 aromatic rings. The lowest BCUT2D eigenvalue weighted by Gasteiger charge is -2.31. The normalized spacial score (nSPS) is 14.7. The van der Waals surface area contributed by atoms with Gasteiger partial charge in [0.2, 0.25) is 5.91 Å². The molecule has 0 aliphatic carbocycles. The molecule has 1 fully saturated rings. The van der Waals surface area contributed by atoms with E-state index in [9.17, 15) is 4.79 Å². The maximum Gasteiger partial charge on any atom is 0.238 e. The molecular formula is C24H28N6O2. The predicted molar refractivity (Wildman–Crippen MR) is 124 cm³/mol. The summed E-state index contributed by atoms with van der Waals surface area (Å²) < 4.78 is 5.15. The number of anilines is 3. The van der Waals surface area contributed by atoms with Gasteiger partial charge >= 0.3 is 0 Å². The third-order valence-corrected chi connectivity index (χ3v) is 5.66. The molecule has 0 radical (unpaired) electrons. The number of carbonyl (C=O) groups is 1. The van der Waals surface area contributed by atoms with Crippen LogP contribution in [0, 0.1) is 6.92 Å². The first kappa shape index (κ1) is 21.7. The molecule has 1 aliphatic rings. The third kappa shape index (κ3) is 5.59. The highest BCUT2D eigenvalue weighted by Gasteiger charge is 2.23. The van der Waals surface area contributed by atoms with Crippen molar-refractivity contribution in [2.45, 2.75) is 25.7 Å². The van der Waals surface area contributed by atoms with Crippen LogP contribution in [-0.2, 0) is 4.79 Å². The van der Waals surface area contributed by atoms with Crippen LogP contribution in [0.2, 0.25) is 0 Å². The minimum Gasteiger partial charge on any atom is -0.497 e. The van der Waals surface area contributed by atoms with Gasteiger partial charge in [-0.2, -0.15) is 0 Å². The maximum absolute atomic E-state index is 12.4. The highest BCUT2D eigenvalue weighted by Crippen LogP contribution is 2.27. The highest BCUT2D eigenvalue weighted by molar-refractivity contribution is 5.92. The molecular weight excluding hydrogens is 404 g/mol. The molecule has 1 saturated heterocycles. The van der Waals surface area contributed by atoms with Crippen LogP contribution in [0.15, 0.2) is 55.0 Å². The van der Waals surface area contributed by atoms with Crippen LogP contribution < -0.4 is 15.4 Å². The average molecular weight is 433 g/mol. The summed E-state index contributed by atoms with van der Waals surface area (Å²) in [7, 11) is 1.62. The van der Waals surface area contributed by atoms with Gasteiger partial charge in [0.25, 0.3) is 0 Å². The molecule has 4 rings (SSSR count). The van der Waals surface area contributed by atoms with Crippen molar-refractivity contribution in [1.29, 1.82) is 0 Å². The topological polar surface area (TPSA) is 92.3 Å². The van der Waals surface area contributed by atoms with Crippen molar-refractivity contribution in [2.24, 2.45) is 0 Å². The van der Waals surface area contributed by atoms with Crippen molar-refractivity contribution in [3.63, 3.8) is 0 Å². The van der Waals surface area contributed by atoms with Crippen molar-refractivity contribution in [3.8, 4) is 5.75 Å². The molecule has 3 heterocycles. The Hall–Kier alpha value is -3.52. The van der Waals surface area contributed by atoms with Crippen LogP contribution >= 0.6 is 0 Å². The number of hydrogen-bond donors (Lipinski definition) is 2. The van der Waals surface area contributed by atoms with Crippen LogP contribution in [-0.4, -0.2) is 52.5 Å². The summed E-state index contributed by atoms with van der Waals surface area (Å²) in [6.45, 7) is 4.08. The number of amides is 1. The van der Waals surface area contributed by atoms with Gasteiger partial charge < -0.3 is 15.4 Å². The lowest BCUT2D eigenvalue weighted by atomic mass is 9.94. The number of benzene rings is 1. The lowest BCUT2D eigenvalue weighted by Crippen LogP contribution is -2.38. The maximum atomic E-state index is 12.4. The van der Waals surface area contributed by atoms with Gasteiger partial charge in [-0.15, -0.1) is 0 Å². The number of ether oxygens (including phenoxy) is 1. The number of methoxy groups -OCH3 is 1. The first-order valence-corrected chi connectivity index (χ1v) is 10.8. The summed E-state index contributed by atoms with van der Waals surface area (Å²) in [5.74, 6) is 2.57. The van der Waals surface area contributed by atoms with E-state index in [1.54, 1.807) is 19.5 Å². The number of piperidine rings is 1. The molecule has 2 aromatic heterocycles. The van der Waals surface area contributed by atoms with E-state index in [1.165, 1.54) is 0 Å². The molecule has 8 nitrogen and oxygen atoms in total. The van der Waals surface area contributed by atoms with E-state index in [0.717, 1.165) is 54.4 Å². The Morgan fingerprint density at radius 1 is 1.16 bits per heavy atom. The Balaban J connectivity index is 1.28. The molecule has 166 valence electrons. The number of likely N-dealkylation sites (tertiary alicyclic amines) is 1. The molecule has 0 spiro atoms. The monoisotopic (exact) mass is 432 g/mol. The molecule has 1 amide bonds. The Bertz CT molecular complexity index is 1050. The smallest absolute Gasteiger partial charge is 0.238 e. The molecule has 32 heavy (non-hydrogen) atoms. The Labute approximate surface area is 188 Å². The quantitative estimate of drug-likeness (QED) is 0.587. The van der Waals surface area contributed by atoms with Gasteiger partial charge in [0, 0.05) is 24.0 Å². The second-order valence-electron chi connectivity index (χ2n) is 7.95. The number of rotatable bonds is 7. The Morgan fingerprint density at radius 3 is 2.66 bits per heavy atom. The number of aryl methyl sites for hydroxylation is 1. The second-order valence-corrected chi connectivity index (χ2v) is 7.95. The van der Waals surface area contributed by atoms with Crippen LogP contribution in [0.5, 0.6) is 5.75 Å². The molecule has 1 aliphatic heterocycles. The van der Waals surface area contributed by atoms with E-state index >= 15 is 0 Å². The van der Waals surface area contributed by atoms with Crippen molar-refractivity contribution in [1.82, 2.24) is 19.9 Å². The summed E-state index contributed by atoms with van der Waals surface area (Å²) in [4.78, 5) is 28.1. The number of nitrogens with one attached hydrogen (secondary N) is 2. The van der Waals surface area contributed by atoms with E-state index in [2.05, 4.69) is 25.5 Å². The average Bonchev–Trinajstić information content (AvgIpc) is 2.82. The summed E-state index contributed by atoms with van der Waals surface area (Å²) >= 11 is 0. The zero-order valence-electron chi connectivity index (χ0n) is 18.4. The summed E-state index contributed by atoms with van der Waals surface area (Å²) in [5.41, 5.74) is 2.81. The third-order valence-electron chi connectivity index (χ3n) is 5.66. The number of aromatic nitrogens is 3. The number of nitrogens with zero attached hydrogens (tertiary/aromatic N) is 4. The standard InChI is InChI=1S/C24H28N6O2/c1-17-4-3-11-26-24(17)29-22-15-25-14-21(28-22)18-9-12-30(13-10-18)16-23(31)27-19-5-7-20(32-2)8-6-19/h3-8,11,14-15,18H,9-10,12-13,16H2,1-2H3,(H,27,31)(H,26,28,29). The zero-order valence-corrected chi connectivity index (χ0v) is 18.4. The van der Waals surface area contributed by atoms with Gasteiger partial charge in [-0.1, -0.05) is 6.07 Å². The molecule has 0 saturated carbocycles. The number of hydrogen-bond acceptors (Lipinski definition) is 7. The first-order chi connectivity index (χ1) is 15.6. The van der Waals surface area contributed by atoms with E-state index in [-0.39, 0.29) is 5.91 Å². The van der Waals surface area contributed by atoms with Crippen LogP contribution in [0.4, 0.5) is 17.3 Å². The lowest BCUT2D eigenvalue weighted by molar-refractivity contribution is -0.117. The molecule has 8 heteroatoms. The molecule has 0 atom stereocenters. The predicted octanol–water partition coefficient (Wildman–Crippen LogP) is 3.75. The highest BCUT2D eigenvalue weighted by atomic mass is 16.5. The van der Waals surface area contributed by atoms with Crippen LogP contribution in [0.3, 0.4) is 0 Å². The number of carbonyl (C=O) groups excluding carboxylic acids is 1. The minimum absolute atomic E-state index is 0.00895. The van der Waals surface area contributed by atoms with E-state index in [0.29, 0.717) is 18.3 Å². The summed E-state index contributed by atoms with van der Waals surface area (Å²) in [5, 5.41) is 6.21. The summed E-state index contributed by atoms with van der Waals surface area (Å²) in [6.07, 6.45) is 7.20. The van der Waals surface area contributed by atoms with Gasteiger partial charge in [-0.3, -0.25) is 14.7 Å². The van der Waals surface area contributed by atoms with Crippen molar-refractivity contribution in [3.05, 3.63) is 66.2 Å². The Kier molecular flexibility index (Phi) is 6.91. The first-order valence-electron chi connectivity index (χ1n) is 10.8. The van der Waals surface area contributed by atoms with Gasteiger partial charge in [-0.25, -0.2) is 9.97 Å². The molecule has 0 bridgehead atoms. The van der Waals surface area contributed by atoms with Gasteiger partial charge in [0.1, 0.15) is 17.4 Å². The van der Waals surface area contributed by atoms with Crippen LogP contribution in [0.1, 0.15) is 30.0 Å². The van der Waals surface area contributed by atoms with Crippen LogP contribution in [0.25, 0.3) is 0 Å². The number of pyridine rings is 1. The van der Waals surface area contributed by atoms with E-state index in [1.807, 2.05) is 49.5 Å². The van der Waals surface area contributed by atoms with Gasteiger partial charge in [-0.05, 0) is 68.8 Å². The van der Waals surface area contributed by atoms with Gasteiger partial charge in [0.05, 0.1) is 25.5 Å². The van der Waals surface area contributed by atoms with Crippen molar-refractivity contribution in [2.75, 3.05) is 37.4 Å². The van der Waals surface area contributed by atoms with E-state index < -0.39 is 0 Å². The largest absolute Gasteiger partial charge is 0.497 e. The minimum atomic E-state index is -0.00895. The fraction of sp³-hybridized carbons (Fsp3) is 0.333. The van der Waals surface area contributed by atoms with Crippen molar-refractivity contribution < 1.29 is 9.53 Å². The zero-order chi connectivity index (χ0) is 22.3. The Morgan fingerprint density at radius 2 is 1.94 bits per heavy atom. The fourth-order valence-electron chi connectivity index (χ4n) is 3.84. The molecule has 1 aromatic carbocycles. The molecule has 2 N–H and O–H groups in total. The van der Waals surface area contributed by atoms with E-state index in [4.69, 9.17) is 9.72 Å². The fourth-order valence-corrected chi connectivity index (χ4v) is 3.84. The molecule has 0 unspecified atom stereocenters. The summed E-state index contributed by atoms with van der Waals surface area (Å²) in [6, 6.07) is 11.3. The SMILES string of the molecule is COc1ccc(NC(=O)CN2CCC(c3cncc(Nc4ncccc4C)n3)CC2)cc1. The van der Waals surface area contributed by atoms with Crippen molar-refractivity contribution >= 4 is 23.2 Å².